The molecule has 0 fully saturated rings. The number of aromatic nitrogens is 1. The summed E-state index contributed by atoms with van der Waals surface area (Å²) < 4.78 is 8.47. The van der Waals surface area contributed by atoms with Crippen molar-refractivity contribution in [3.63, 3.8) is 0 Å². The third-order valence-corrected chi connectivity index (χ3v) is 4.87. The normalized spacial score (nSPS) is 14.0. The van der Waals surface area contributed by atoms with Gasteiger partial charge in [0.2, 0.25) is 0 Å². The lowest BCUT2D eigenvalue weighted by atomic mass is 9.98. The Hall–Kier alpha value is -1.89. The van der Waals surface area contributed by atoms with Crippen LogP contribution < -0.4 is 5.56 Å². The summed E-state index contributed by atoms with van der Waals surface area (Å²) in [6.45, 7) is 3.89. The Kier molecular flexibility index (Phi) is 3.41. The molecule has 0 amide bonds. The average Bonchev–Trinajstić information content (AvgIpc) is 2.95. The molecule has 0 atom stereocenters. The quantitative estimate of drug-likeness (QED) is 0.552. The minimum Gasteiger partial charge on any atom is -0.461 e. The molecule has 2 aromatic heterocycles. The molecule has 4 rings (SSSR count). The highest BCUT2D eigenvalue weighted by molar-refractivity contribution is 14.1. The Labute approximate surface area is 147 Å². The van der Waals surface area contributed by atoms with Crippen LogP contribution in [-0.4, -0.2) is 10.4 Å². The first-order valence-electron chi connectivity index (χ1n) is 7.53. The lowest BCUT2D eigenvalue weighted by Gasteiger charge is -2.19. The van der Waals surface area contributed by atoms with Crippen LogP contribution in [0.4, 0.5) is 0 Å². The van der Waals surface area contributed by atoms with Crippen LogP contribution >= 0.6 is 22.6 Å². The van der Waals surface area contributed by atoms with Crippen LogP contribution in [-0.2, 0) is 6.42 Å². The van der Waals surface area contributed by atoms with Gasteiger partial charge in [-0.1, -0.05) is 6.07 Å². The zero-order valence-electron chi connectivity index (χ0n) is 12.9. The second-order valence-electron chi connectivity index (χ2n) is 5.87. The van der Waals surface area contributed by atoms with Crippen molar-refractivity contribution < 1.29 is 4.42 Å². The summed E-state index contributed by atoms with van der Waals surface area (Å²) in [7, 11) is 0. The highest BCUT2D eigenvalue weighted by atomic mass is 127. The fraction of sp³-hybridized carbons (Fsp3) is 0.222. The molecule has 1 aromatic carbocycles. The fourth-order valence-corrected chi connectivity index (χ4v) is 3.60. The van der Waals surface area contributed by atoms with E-state index in [4.69, 9.17) is 4.42 Å². The molecule has 0 unspecified atom stereocenters. The van der Waals surface area contributed by atoms with Gasteiger partial charge in [-0.2, -0.15) is 5.10 Å². The molecule has 0 radical (unpaired) electrons. The van der Waals surface area contributed by atoms with Gasteiger partial charge in [0.1, 0.15) is 11.5 Å². The molecule has 3 aromatic rings. The predicted octanol–water partition coefficient (Wildman–Crippen LogP) is 4.34. The molecule has 1 aliphatic heterocycles. The summed E-state index contributed by atoms with van der Waals surface area (Å²) in [6, 6.07) is 9.88. The molecule has 0 bridgehead atoms. The van der Waals surface area contributed by atoms with Crippen molar-refractivity contribution in [3.05, 3.63) is 55.7 Å². The first kappa shape index (κ1) is 14.7. The number of furan rings is 1. The second-order valence-corrected chi connectivity index (χ2v) is 7.12. The van der Waals surface area contributed by atoms with E-state index in [-0.39, 0.29) is 5.56 Å². The number of halogens is 1. The van der Waals surface area contributed by atoms with Crippen molar-refractivity contribution in [3.8, 4) is 11.3 Å². The molecular weight excluding hydrogens is 403 g/mol. The van der Waals surface area contributed by atoms with Crippen molar-refractivity contribution >= 4 is 39.1 Å². The third-order valence-electron chi connectivity index (χ3n) is 4.20. The molecule has 1 aliphatic rings. The van der Waals surface area contributed by atoms with E-state index in [1.807, 2.05) is 44.2 Å². The number of pyridine rings is 1. The van der Waals surface area contributed by atoms with Crippen molar-refractivity contribution in [2.24, 2.45) is 5.10 Å². The molecule has 0 spiro atoms. The maximum Gasteiger partial charge on any atom is 0.279 e. The number of hydrogen-bond donors (Lipinski definition) is 0. The van der Waals surface area contributed by atoms with E-state index < -0.39 is 0 Å². The van der Waals surface area contributed by atoms with Crippen molar-refractivity contribution in [1.29, 1.82) is 0 Å². The number of fused-ring (bicyclic) bond motifs is 2. The number of rotatable bonds is 1. The molecular formula is C18H15IN2O2. The molecule has 4 nitrogen and oxygen atoms in total. The third kappa shape index (κ3) is 2.34. The van der Waals surface area contributed by atoms with E-state index in [1.54, 1.807) is 4.68 Å². The molecule has 116 valence electrons. The van der Waals surface area contributed by atoms with Gasteiger partial charge in [0, 0.05) is 20.2 Å². The topological polar surface area (TPSA) is 47.5 Å². The number of nitrogens with zero attached hydrogens (tertiary/aromatic N) is 2. The van der Waals surface area contributed by atoms with Crippen molar-refractivity contribution in [2.45, 2.75) is 26.7 Å². The Morgan fingerprint density at radius 3 is 2.70 bits per heavy atom. The molecule has 0 aliphatic carbocycles. The summed E-state index contributed by atoms with van der Waals surface area (Å²) in [5.74, 6) is 1.66. The lowest BCUT2D eigenvalue weighted by Crippen LogP contribution is -2.26. The standard InChI is InChI=1S/C18H15IN2O2/c1-10-3-7-15-17(16-8-4-11(2)23-16)13-6-5-12(19)9-14(13)18(22)21(15)20-10/h4-6,8-9H,3,7H2,1-2H3. The van der Waals surface area contributed by atoms with Gasteiger partial charge >= 0.3 is 0 Å². The van der Waals surface area contributed by atoms with Crippen molar-refractivity contribution in [2.75, 3.05) is 0 Å². The Balaban J connectivity index is 2.20. The van der Waals surface area contributed by atoms with Gasteiger partial charge in [0.25, 0.3) is 5.56 Å². The summed E-state index contributed by atoms with van der Waals surface area (Å²) in [4.78, 5) is 12.9. The SMILES string of the molecule is CC1=Nn2c(c(-c3ccc(C)o3)c3ccc(I)cc3c2=O)CC1. The van der Waals surface area contributed by atoms with Gasteiger partial charge in [-0.3, -0.25) is 4.79 Å². The van der Waals surface area contributed by atoms with Gasteiger partial charge < -0.3 is 4.42 Å². The summed E-state index contributed by atoms with van der Waals surface area (Å²) in [6.07, 6.45) is 1.66. The highest BCUT2D eigenvalue weighted by Crippen LogP contribution is 2.34. The van der Waals surface area contributed by atoms with Crippen LogP contribution in [0.2, 0.25) is 0 Å². The highest BCUT2D eigenvalue weighted by Gasteiger charge is 2.22. The second kappa shape index (κ2) is 5.33. The first-order valence-corrected chi connectivity index (χ1v) is 8.61. The number of benzene rings is 1. The summed E-state index contributed by atoms with van der Waals surface area (Å²) >= 11 is 2.23. The summed E-state index contributed by atoms with van der Waals surface area (Å²) in [5.41, 5.74) is 2.84. The predicted molar refractivity (Wildman–Crippen MR) is 100 cm³/mol. The van der Waals surface area contributed by atoms with Crippen LogP contribution in [0, 0.1) is 10.5 Å². The van der Waals surface area contributed by atoms with E-state index in [0.29, 0.717) is 5.39 Å². The Morgan fingerprint density at radius 2 is 1.96 bits per heavy atom. The number of hydrogen-bond acceptors (Lipinski definition) is 3. The van der Waals surface area contributed by atoms with Crippen LogP contribution in [0.5, 0.6) is 0 Å². The minimum absolute atomic E-state index is 0.0559. The van der Waals surface area contributed by atoms with Crippen LogP contribution in [0.25, 0.3) is 22.1 Å². The van der Waals surface area contributed by atoms with Gasteiger partial charge in [0.05, 0.1) is 11.1 Å². The molecule has 0 saturated heterocycles. The van der Waals surface area contributed by atoms with E-state index in [0.717, 1.165) is 50.3 Å². The smallest absolute Gasteiger partial charge is 0.279 e. The molecule has 23 heavy (non-hydrogen) atoms. The van der Waals surface area contributed by atoms with E-state index in [9.17, 15) is 4.79 Å². The average molecular weight is 418 g/mol. The van der Waals surface area contributed by atoms with Gasteiger partial charge in [-0.15, -0.1) is 0 Å². The molecule has 0 N–H and O–H groups in total. The van der Waals surface area contributed by atoms with Crippen LogP contribution in [0.15, 0.2) is 44.6 Å². The maximum absolute atomic E-state index is 12.9. The van der Waals surface area contributed by atoms with E-state index in [1.165, 1.54) is 0 Å². The van der Waals surface area contributed by atoms with Crippen LogP contribution in [0.3, 0.4) is 0 Å². The lowest BCUT2D eigenvalue weighted by molar-refractivity contribution is 0.546. The van der Waals surface area contributed by atoms with E-state index in [2.05, 4.69) is 27.7 Å². The first-order chi connectivity index (χ1) is 11.0. The van der Waals surface area contributed by atoms with E-state index >= 15 is 0 Å². The molecule has 5 heteroatoms. The molecule has 0 saturated carbocycles. The van der Waals surface area contributed by atoms with Crippen LogP contribution in [0.1, 0.15) is 24.8 Å². The monoisotopic (exact) mass is 418 g/mol. The fourth-order valence-electron chi connectivity index (χ4n) is 3.11. The summed E-state index contributed by atoms with van der Waals surface area (Å²) in [5, 5.41) is 6.11. The zero-order chi connectivity index (χ0) is 16.1. The minimum atomic E-state index is -0.0559. The molecule has 3 heterocycles. The number of aryl methyl sites for hydroxylation is 1. The zero-order valence-corrected chi connectivity index (χ0v) is 15.0. The van der Waals surface area contributed by atoms with Crippen molar-refractivity contribution in [1.82, 2.24) is 4.68 Å². The maximum atomic E-state index is 12.9. The van der Waals surface area contributed by atoms with Gasteiger partial charge in [-0.05, 0) is 73.5 Å². The van der Waals surface area contributed by atoms with Gasteiger partial charge in [0.15, 0.2) is 0 Å². The largest absolute Gasteiger partial charge is 0.461 e. The van der Waals surface area contributed by atoms with Gasteiger partial charge in [-0.25, -0.2) is 4.68 Å². The Morgan fingerprint density at radius 1 is 1.13 bits per heavy atom. The Bertz CT molecular complexity index is 1030.